The minimum absolute atomic E-state index is 1.10. The molecule has 2 aromatic rings. The van der Waals surface area contributed by atoms with Gasteiger partial charge in [-0.2, -0.15) is 11.3 Å². The number of hydrogen-bond donors (Lipinski definition) is 0. The fourth-order valence-electron chi connectivity index (χ4n) is 2.27. The highest BCUT2D eigenvalue weighted by atomic mass is 32.1. The van der Waals surface area contributed by atoms with Crippen LogP contribution < -0.4 is 5.19 Å². The van der Waals surface area contributed by atoms with E-state index in [9.17, 15) is 0 Å². The Morgan fingerprint density at radius 2 is 1.89 bits per heavy atom. The molecule has 0 amide bonds. The molecule has 3 heteroatoms. The summed E-state index contributed by atoms with van der Waals surface area (Å²) in [5.74, 6) is 0. The van der Waals surface area contributed by atoms with E-state index in [4.69, 9.17) is 0 Å². The standard InChI is InChI=1S/C15H20SSi2/c1-18(2,3)15-7-5-4-6-13(15)14(11-17)12-8-9-16-10-12/h4-11H,1-3,17H3. The average molecular weight is 289 g/mol. The van der Waals surface area contributed by atoms with E-state index in [-0.39, 0.29) is 0 Å². The van der Waals surface area contributed by atoms with E-state index < -0.39 is 8.07 Å². The molecule has 0 unspecified atom stereocenters. The maximum Gasteiger partial charge on any atom is 0.0784 e. The van der Waals surface area contributed by atoms with Gasteiger partial charge in [0.2, 0.25) is 0 Å². The molecular formula is C15H20SSi2. The second kappa shape index (κ2) is 5.38. The third-order valence-corrected chi connectivity index (χ3v) is 6.46. The van der Waals surface area contributed by atoms with Gasteiger partial charge in [0.1, 0.15) is 0 Å². The molecule has 0 atom stereocenters. The lowest BCUT2D eigenvalue weighted by Gasteiger charge is -2.22. The fraction of sp³-hybridized carbons (Fsp3) is 0.200. The van der Waals surface area contributed by atoms with Gasteiger partial charge < -0.3 is 0 Å². The number of benzene rings is 1. The van der Waals surface area contributed by atoms with Gasteiger partial charge >= 0.3 is 0 Å². The van der Waals surface area contributed by atoms with E-state index in [1.165, 1.54) is 16.7 Å². The van der Waals surface area contributed by atoms with Crippen LogP contribution >= 0.6 is 11.3 Å². The molecular weight excluding hydrogens is 268 g/mol. The molecule has 0 aliphatic heterocycles. The van der Waals surface area contributed by atoms with Crippen molar-refractivity contribution in [1.82, 2.24) is 0 Å². The van der Waals surface area contributed by atoms with E-state index in [1.54, 1.807) is 16.5 Å². The zero-order valence-corrected chi connectivity index (χ0v) is 15.3. The Balaban J connectivity index is 2.58. The molecule has 1 aromatic heterocycles. The first-order valence-electron chi connectivity index (χ1n) is 6.33. The summed E-state index contributed by atoms with van der Waals surface area (Å²) in [4.78, 5) is 0. The van der Waals surface area contributed by atoms with Crippen LogP contribution in [0.3, 0.4) is 0 Å². The van der Waals surface area contributed by atoms with Gasteiger partial charge in [-0.1, -0.05) is 54.8 Å². The van der Waals surface area contributed by atoms with Crippen LogP contribution in [0.25, 0.3) is 5.57 Å². The fourth-order valence-corrected chi connectivity index (χ4v) is 5.19. The van der Waals surface area contributed by atoms with Gasteiger partial charge in [0.05, 0.1) is 8.07 Å². The monoisotopic (exact) mass is 288 g/mol. The maximum atomic E-state index is 2.42. The van der Waals surface area contributed by atoms with Crippen LogP contribution in [0.4, 0.5) is 0 Å². The van der Waals surface area contributed by atoms with Crippen LogP contribution in [0.1, 0.15) is 11.1 Å². The van der Waals surface area contributed by atoms with Crippen molar-refractivity contribution in [3.8, 4) is 0 Å². The highest BCUT2D eigenvalue weighted by Crippen LogP contribution is 2.25. The van der Waals surface area contributed by atoms with Crippen LogP contribution in [0.5, 0.6) is 0 Å². The number of thiophene rings is 1. The van der Waals surface area contributed by atoms with E-state index >= 15 is 0 Å². The second-order valence-corrected chi connectivity index (χ2v) is 11.9. The molecule has 18 heavy (non-hydrogen) atoms. The Bertz CT molecular complexity index is 548. The van der Waals surface area contributed by atoms with E-state index in [0.29, 0.717) is 0 Å². The summed E-state index contributed by atoms with van der Waals surface area (Å²) in [5, 5.41) is 5.99. The Morgan fingerprint density at radius 3 is 2.44 bits per heavy atom. The lowest BCUT2D eigenvalue weighted by atomic mass is 10.0. The van der Waals surface area contributed by atoms with Crippen molar-refractivity contribution >= 4 is 40.4 Å². The summed E-state index contributed by atoms with van der Waals surface area (Å²) in [6.07, 6.45) is 0. The summed E-state index contributed by atoms with van der Waals surface area (Å²) in [5.41, 5.74) is 6.63. The first-order chi connectivity index (χ1) is 8.54. The summed E-state index contributed by atoms with van der Waals surface area (Å²) in [7, 11) is -0.195. The SMILES string of the molecule is C[Si](C)(C)c1ccccc1C(=C[SiH3])c1ccsc1. The largest absolute Gasteiger partial charge is 0.152 e. The predicted octanol–water partition coefficient (Wildman–Crippen LogP) is 3.05. The van der Waals surface area contributed by atoms with Crippen molar-refractivity contribution in [2.24, 2.45) is 0 Å². The third-order valence-electron chi connectivity index (χ3n) is 3.15. The molecule has 0 fully saturated rings. The van der Waals surface area contributed by atoms with Crippen molar-refractivity contribution in [1.29, 1.82) is 0 Å². The molecule has 0 saturated heterocycles. The summed E-state index contributed by atoms with van der Waals surface area (Å²) < 4.78 is 0. The Hall–Kier alpha value is -0.906. The van der Waals surface area contributed by atoms with Crippen LogP contribution in [-0.2, 0) is 0 Å². The quantitative estimate of drug-likeness (QED) is 0.762. The molecule has 0 saturated carbocycles. The highest BCUT2D eigenvalue weighted by Gasteiger charge is 2.21. The minimum atomic E-state index is -1.29. The smallest absolute Gasteiger partial charge is 0.0784 e. The van der Waals surface area contributed by atoms with Gasteiger partial charge in [-0.3, -0.25) is 0 Å². The van der Waals surface area contributed by atoms with E-state index in [0.717, 1.165) is 10.2 Å². The molecule has 94 valence electrons. The molecule has 1 heterocycles. The summed E-state index contributed by atoms with van der Waals surface area (Å²) >= 11 is 1.78. The summed E-state index contributed by atoms with van der Waals surface area (Å²) in [6, 6.07) is 11.2. The Morgan fingerprint density at radius 1 is 1.17 bits per heavy atom. The van der Waals surface area contributed by atoms with Crippen molar-refractivity contribution in [3.63, 3.8) is 0 Å². The molecule has 2 rings (SSSR count). The Kier molecular flexibility index (Phi) is 4.05. The van der Waals surface area contributed by atoms with Gasteiger partial charge in [-0.15, -0.1) is 0 Å². The summed E-state index contributed by atoms with van der Waals surface area (Å²) in [6.45, 7) is 7.26. The van der Waals surface area contributed by atoms with Crippen molar-refractivity contribution in [3.05, 3.63) is 57.9 Å². The van der Waals surface area contributed by atoms with Gasteiger partial charge in [-0.05, 0) is 33.5 Å². The molecule has 0 aliphatic carbocycles. The van der Waals surface area contributed by atoms with E-state index in [1.807, 2.05) is 0 Å². The predicted molar refractivity (Wildman–Crippen MR) is 90.8 cm³/mol. The lowest BCUT2D eigenvalue weighted by Crippen LogP contribution is -2.39. The van der Waals surface area contributed by atoms with Crippen molar-refractivity contribution in [2.75, 3.05) is 0 Å². The van der Waals surface area contributed by atoms with Crippen LogP contribution in [0.2, 0.25) is 19.6 Å². The molecule has 0 nitrogen and oxygen atoms in total. The zero-order valence-electron chi connectivity index (χ0n) is 11.5. The second-order valence-electron chi connectivity index (χ2n) is 5.51. The molecule has 0 bridgehead atoms. The molecule has 0 radical (unpaired) electrons. The van der Waals surface area contributed by atoms with Crippen LogP contribution in [-0.4, -0.2) is 18.3 Å². The van der Waals surface area contributed by atoms with Crippen molar-refractivity contribution in [2.45, 2.75) is 19.6 Å². The zero-order chi connectivity index (χ0) is 13.2. The van der Waals surface area contributed by atoms with Crippen LogP contribution in [0.15, 0.2) is 46.8 Å². The third kappa shape index (κ3) is 2.74. The first-order valence-corrected chi connectivity index (χ1v) is 11.9. The van der Waals surface area contributed by atoms with Gasteiger partial charge in [0.25, 0.3) is 0 Å². The van der Waals surface area contributed by atoms with Crippen LogP contribution in [0, 0.1) is 0 Å². The Labute approximate surface area is 118 Å². The molecule has 0 N–H and O–H groups in total. The molecule has 1 aromatic carbocycles. The first kappa shape index (κ1) is 13.5. The van der Waals surface area contributed by atoms with Gasteiger partial charge in [-0.25, -0.2) is 0 Å². The van der Waals surface area contributed by atoms with Crippen molar-refractivity contribution < 1.29 is 0 Å². The van der Waals surface area contributed by atoms with Gasteiger partial charge in [0.15, 0.2) is 0 Å². The lowest BCUT2D eigenvalue weighted by molar-refractivity contribution is 1.59. The molecule has 0 spiro atoms. The number of hydrogen-bond acceptors (Lipinski definition) is 1. The normalized spacial score (nSPS) is 12.9. The molecule has 0 aliphatic rings. The highest BCUT2D eigenvalue weighted by molar-refractivity contribution is 7.08. The number of rotatable bonds is 3. The minimum Gasteiger partial charge on any atom is -0.152 e. The maximum absolute atomic E-state index is 2.42. The van der Waals surface area contributed by atoms with Gasteiger partial charge in [0, 0.05) is 10.2 Å². The average Bonchev–Trinajstić information content (AvgIpc) is 2.83. The topological polar surface area (TPSA) is 0 Å². The van der Waals surface area contributed by atoms with E-state index in [2.05, 4.69) is 66.4 Å².